The SMILES string of the molecule is O=C(c1cccs1)N(CCCN1CCOCC1)c1nc(-c2ccc(-c3ccccc3)cc2)cs1. The second kappa shape index (κ2) is 11.1. The van der Waals surface area contributed by atoms with Crippen LogP contribution in [0.2, 0.25) is 0 Å². The number of amides is 1. The van der Waals surface area contributed by atoms with Gasteiger partial charge < -0.3 is 4.74 Å². The number of benzene rings is 2. The van der Waals surface area contributed by atoms with Gasteiger partial charge in [-0.15, -0.1) is 22.7 Å². The quantitative estimate of drug-likeness (QED) is 0.309. The molecule has 0 bridgehead atoms. The van der Waals surface area contributed by atoms with Crippen molar-refractivity contribution in [2.24, 2.45) is 0 Å². The molecule has 34 heavy (non-hydrogen) atoms. The van der Waals surface area contributed by atoms with E-state index >= 15 is 0 Å². The minimum atomic E-state index is 0.0253. The standard InChI is InChI=1S/C27H27N3O2S2/c31-26(25-8-4-19-33-25)30(14-5-13-29-15-17-32-18-16-29)27-28-24(20-34-27)23-11-9-22(10-12-23)21-6-2-1-3-7-21/h1-4,6-12,19-20H,5,13-18H2. The molecule has 0 N–H and O–H groups in total. The summed E-state index contributed by atoms with van der Waals surface area (Å²) in [5.74, 6) is 0.0253. The van der Waals surface area contributed by atoms with Gasteiger partial charge in [0.15, 0.2) is 5.13 Å². The smallest absolute Gasteiger partial charge is 0.270 e. The number of morpholine rings is 1. The molecule has 3 heterocycles. The fourth-order valence-corrected chi connectivity index (χ4v) is 5.61. The van der Waals surface area contributed by atoms with Crippen LogP contribution >= 0.6 is 22.7 Å². The summed E-state index contributed by atoms with van der Waals surface area (Å²) in [7, 11) is 0. The first-order valence-electron chi connectivity index (χ1n) is 11.5. The molecule has 0 unspecified atom stereocenters. The number of hydrogen-bond donors (Lipinski definition) is 0. The molecule has 5 rings (SSSR count). The lowest BCUT2D eigenvalue weighted by Gasteiger charge is -2.27. The van der Waals surface area contributed by atoms with E-state index in [1.54, 1.807) is 0 Å². The maximum absolute atomic E-state index is 13.3. The molecule has 2 aromatic heterocycles. The van der Waals surface area contributed by atoms with Crippen molar-refractivity contribution >= 4 is 33.7 Å². The average Bonchev–Trinajstić information content (AvgIpc) is 3.61. The molecule has 0 aliphatic carbocycles. The summed E-state index contributed by atoms with van der Waals surface area (Å²) < 4.78 is 5.45. The lowest BCUT2D eigenvalue weighted by Crippen LogP contribution is -2.39. The Labute approximate surface area is 208 Å². The third-order valence-electron chi connectivity index (χ3n) is 5.95. The Kier molecular flexibility index (Phi) is 7.46. The number of nitrogens with zero attached hydrogens (tertiary/aromatic N) is 3. The summed E-state index contributed by atoms with van der Waals surface area (Å²) in [4.78, 5) is 23.2. The average molecular weight is 490 g/mol. The maximum Gasteiger partial charge on any atom is 0.270 e. The monoisotopic (exact) mass is 489 g/mol. The van der Waals surface area contributed by atoms with Gasteiger partial charge in [0.05, 0.1) is 23.8 Å². The van der Waals surface area contributed by atoms with Crippen molar-refractivity contribution in [1.29, 1.82) is 0 Å². The molecule has 174 valence electrons. The highest BCUT2D eigenvalue weighted by Gasteiger charge is 2.22. The number of rotatable bonds is 8. The number of aromatic nitrogens is 1. The molecule has 0 atom stereocenters. The largest absolute Gasteiger partial charge is 0.379 e. The topological polar surface area (TPSA) is 45.7 Å². The van der Waals surface area contributed by atoms with Crippen LogP contribution in [-0.4, -0.2) is 55.2 Å². The van der Waals surface area contributed by atoms with Gasteiger partial charge in [0.25, 0.3) is 5.91 Å². The van der Waals surface area contributed by atoms with Crippen LogP contribution in [0, 0.1) is 0 Å². The van der Waals surface area contributed by atoms with Crippen LogP contribution < -0.4 is 4.90 Å². The first-order chi connectivity index (χ1) is 16.8. The summed E-state index contributed by atoms with van der Waals surface area (Å²) in [5, 5.41) is 4.74. The van der Waals surface area contributed by atoms with Crippen LogP contribution in [-0.2, 0) is 4.74 Å². The van der Waals surface area contributed by atoms with E-state index < -0.39 is 0 Å². The minimum absolute atomic E-state index is 0.0253. The summed E-state index contributed by atoms with van der Waals surface area (Å²) >= 11 is 3.01. The summed E-state index contributed by atoms with van der Waals surface area (Å²) in [6, 6.07) is 22.6. The van der Waals surface area contributed by atoms with E-state index in [9.17, 15) is 4.79 Å². The zero-order chi connectivity index (χ0) is 23.2. The Morgan fingerprint density at radius 2 is 1.65 bits per heavy atom. The fraction of sp³-hybridized carbons (Fsp3) is 0.259. The highest BCUT2D eigenvalue weighted by molar-refractivity contribution is 7.14. The zero-order valence-electron chi connectivity index (χ0n) is 18.9. The van der Waals surface area contributed by atoms with Crippen molar-refractivity contribution in [3.8, 4) is 22.4 Å². The van der Waals surface area contributed by atoms with Crippen LogP contribution in [0.1, 0.15) is 16.1 Å². The van der Waals surface area contributed by atoms with Crippen molar-refractivity contribution < 1.29 is 9.53 Å². The van der Waals surface area contributed by atoms with E-state index in [4.69, 9.17) is 9.72 Å². The van der Waals surface area contributed by atoms with Crippen LogP contribution in [0.5, 0.6) is 0 Å². The molecule has 1 saturated heterocycles. The van der Waals surface area contributed by atoms with Crippen molar-refractivity contribution in [2.75, 3.05) is 44.3 Å². The van der Waals surface area contributed by atoms with Crippen molar-refractivity contribution in [1.82, 2.24) is 9.88 Å². The summed E-state index contributed by atoms with van der Waals surface area (Å²) in [6.45, 7) is 5.09. The predicted molar refractivity (Wildman–Crippen MR) is 141 cm³/mol. The van der Waals surface area contributed by atoms with Crippen molar-refractivity contribution in [3.05, 3.63) is 82.4 Å². The maximum atomic E-state index is 13.3. The van der Waals surface area contributed by atoms with Gasteiger partial charge in [-0.05, 0) is 29.0 Å². The zero-order valence-corrected chi connectivity index (χ0v) is 20.6. The fourth-order valence-electron chi connectivity index (χ4n) is 4.08. The van der Waals surface area contributed by atoms with E-state index in [0.717, 1.165) is 60.5 Å². The lowest BCUT2D eigenvalue weighted by molar-refractivity contribution is 0.0376. The van der Waals surface area contributed by atoms with Crippen LogP contribution in [0.4, 0.5) is 5.13 Å². The van der Waals surface area contributed by atoms with Gasteiger partial charge >= 0.3 is 0 Å². The van der Waals surface area contributed by atoms with Gasteiger partial charge in [-0.25, -0.2) is 4.98 Å². The number of thiophene rings is 1. The second-order valence-corrected chi connectivity index (χ2v) is 9.98. The van der Waals surface area contributed by atoms with Gasteiger partial charge in [0, 0.05) is 37.1 Å². The third kappa shape index (κ3) is 5.45. The highest BCUT2D eigenvalue weighted by atomic mass is 32.1. The summed E-state index contributed by atoms with van der Waals surface area (Å²) in [5.41, 5.74) is 4.33. The van der Waals surface area contributed by atoms with Gasteiger partial charge in [0.2, 0.25) is 0 Å². The molecule has 5 nitrogen and oxygen atoms in total. The molecular formula is C27H27N3O2S2. The molecule has 4 aromatic rings. The van der Waals surface area contributed by atoms with Crippen molar-refractivity contribution in [2.45, 2.75) is 6.42 Å². The van der Waals surface area contributed by atoms with Gasteiger partial charge in [-0.1, -0.05) is 60.7 Å². The third-order valence-corrected chi connectivity index (χ3v) is 7.67. The van der Waals surface area contributed by atoms with E-state index in [-0.39, 0.29) is 5.91 Å². The van der Waals surface area contributed by atoms with Crippen molar-refractivity contribution in [3.63, 3.8) is 0 Å². The molecule has 1 amide bonds. The van der Waals surface area contributed by atoms with Gasteiger partial charge in [-0.2, -0.15) is 0 Å². The Bertz CT molecular complexity index is 1180. The van der Waals surface area contributed by atoms with E-state index in [1.165, 1.54) is 33.8 Å². The van der Waals surface area contributed by atoms with Crippen LogP contribution in [0.15, 0.2) is 77.5 Å². The number of hydrogen-bond acceptors (Lipinski definition) is 6. The number of thiazole rings is 1. The Hall–Kier alpha value is -2.84. The molecule has 7 heteroatoms. The summed E-state index contributed by atoms with van der Waals surface area (Å²) in [6.07, 6.45) is 0.901. The van der Waals surface area contributed by atoms with Crippen LogP contribution in [0.25, 0.3) is 22.4 Å². The lowest BCUT2D eigenvalue weighted by atomic mass is 10.0. The first kappa shape index (κ1) is 22.9. The molecule has 0 radical (unpaired) electrons. The van der Waals surface area contributed by atoms with E-state index in [0.29, 0.717) is 6.54 Å². The predicted octanol–water partition coefficient (Wildman–Crippen LogP) is 5.91. The number of anilines is 1. The van der Waals surface area contributed by atoms with E-state index in [1.807, 2.05) is 46.0 Å². The minimum Gasteiger partial charge on any atom is -0.379 e. The normalized spacial score (nSPS) is 14.2. The first-order valence-corrected chi connectivity index (χ1v) is 13.3. The van der Waals surface area contributed by atoms with Gasteiger partial charge in [0.1, 0.15) is 0 Å². The molecule has 1 aliphatic heterocycles. The second-order valence-electron chi connectivity index (χ2n) is 8.20. The Morgan fingerprint density at radius 3 is 2.38 bits per heavy atom. The van der Waals surface area contributed by atoms with E-state index in [2.05, 4.69) is 41.3 Å². The Morgan fingerprint density at radius 1 is 0.912 bits per heavy atom. The number of ether oxygens (including phenoxy) is 1. The van der Waals surface area contributed by atoms with Crippen LogP contribution in [0.3, 0.4) is 0 Å². The van der Waals surface area contributed by atoms with Gasteiger partial charge in [-0.3, -0.25) is 14.6 Å². The molecule has 0 spiro atoms. The molecule has 2 aromatic carbocycles. The Balaban J connectivity index is 1.32. The molecular weight excluding hydrogens is 462 g/mol. The highest BCUT2D eigenvalue weighted by Crippen LogP contribution is 2.30. The number of carbonyl (C=O) groups excluding carboxylic acids is 1. The molecule has 1 aliphatic rings. The number of carbonyl (C=O) groups is 1. The molecule has 1 fully saturated rings. The molecule has 0 saturated carbocycles.